The average Bonchev–Trinajstić information content (AvgIpc) is 3.11. The molecule has 0 spiro atoms. The zero-order valence-electron chi connectivity index (χ0n) is 12.8. The van der Waals surface area contributed by atoms with E-state index in [2.05, 4.69) is 27.7 Å². The average molecular weight is 314 g/mol. The first kappa shape index (κ1) is 14.1. The third-order valence-electron chi connectivity index (χ3n) is 3.59. The van der Waals surface area contributed by atoms with Crippen LogP contribution < -0.4 is 4.74 Å². The highest BCUT2D eigenvalue weighted by molar-refractivity contribution is 5.64. The molecule has 116 valence electrons. The van der Waals surface area contributed by atoms with E-state index < -0.39 is 0 Å². The number of aromatic nitrogens is 4. The van der Waals surface area contributed by atoms with E-state index in [4.69, 9.17) is 4.74 Å². The molecule has 4 rings (SSSR count). The molecule has 0 saturated heterocycles. The summed E-state index contributed by atoms with van der Waals surface area (Å²) in [7, 11) is 0. The van der Waals surface area contributed by atoms with Crippen LogP contribution in [0.25, 0.3) is 16.8 Å². The van der Waals surface area contributed by atoms with Crippen molar-refractivity contribution in [3.05, 3.63) is 84.9 Å². The minimum Gasteiger partial charge on any atom is -0.423 e. The van der Waals surface area contributed by atoms with E-state index in [1.165, 1.54) is 0 Å². The number of hydrogen-bond donors (Lipinski definition) is 0. The molecule has 0 radical (unpaired) electrons. The van der Waals surface area contributed by atoms with Gasteiger partial charge in [-0.15, -0.1) is 0 Å². The van der Waals surface area contributed by atoms with E-state index in [1.54, 1.807) is 4.68 Å². The van der Waals surface area contributed by atoms with E-state index in [1.807, 2.05) is 72.8 Å². The molecule has 0 atom stereocenters. The summed E-state index contributed by atoms with van der Waals surface area (Å²) in [5.41, 5.74) is 3.05. The molecule has 0 N–H and O–H groups in total. The summed E-state index contributed by atoms with van der Waals surface area (Å²) in [4.78, 5) is 0. The van der Waals surface area contributed by atoms with Crippen LogP contribution in [-0.4, -0.2) is 20.2 Å². The minimum absolute atomic E-state index is 0.325. The van der Waals surface area contributed by atoms with Crippen LogP contribution in [0.15, 0.2) is 84.9 Å². The van der Waals surface area contributed by atoms with Crippen LogP contribution in [0.5, 0.6) is 11.8 Å². The van der Waals surface area contributed by atoms with Crippen molar-refractivity contribution in [2.24, 2.45) is 0 Å². The fourth-order valence-corrected chi connectivity index (χ4v) is 2.45. The Morgan fingerprint density at radius 2 is 1.42 bits per heavy atom. The highest BCUT2D eigenvalue weighted by Gasteiger charge is 2.10. The van der Waals surface area contributed by atoms with Gasteiger partial charge in [-0.1, -0.05) is 65.8 Å². The lowest BCUT2D eigenvalue weighted by atomic mass is 10.1. The van der Waals surface area contributed by atoms with Crippen LogP contribution in [-0.2, 0) is 0 Å². The molecule has 4 aromatic rings. The van der Waals surface area contributed by atoms with Crippen molar-refractivity contribution in [3.8, 4) is 28.6 Å². The minimum atomic E-state index is 0.325. The molecular formula is C19H14N4O. The van der Waals surface area contributed by atoms with Gasteiger partial charge in [0, 0.05) is 0 Å². The van der Waals surface area contributed by atoms with Crippen molar-refractivity contribution >= 4 is 0 Å². The van der Waals surface area contributed by atoms with Gasteiger partial charge >= 0.3 is 6.01 Å². The summed E-state index contributed by atoms with van der Waals surface area (Å²) in [6.07, 6.45) is 0. The predicted octanol–water partition coefficient (Wildman–Crippen LogP) is 4.12. The Bertz CT molecular complexity index is 936. The predicted molar refractivity (Wildman–Crippen MR) is 91.1 cm³/mol. The van der Waals surface area contributed by atoms with Gasteiger partial charge in [-0.2, -0.15) is 4.68 Å². The van der Waals surface area contributed by atoms with Gasteiger partial charge in [0.1, 0.15) is 5.75 Å². The second kappa shape index (κ2) is 6.34. The monoisotopic (exact) mass is 314 g/mol. The lowest BCUT2D eigenvalue weighted by molar-refractivity contribution is 0.427. The Balaban J connectivity index is 1.65. The molecule has 0 saturated carbocycles. The van der Waals surface area contributed by atoms with Crippen LogP contribution in [0.3, 0.4) is 0 Å². The Morgan fingerprint density at radius 3 is 2.21 bits per heavy atom. The summed E-state index contributed by atoms with van der Waals surface area (Å²) in [5, 5.41) is 11.7. The Hall–Kier alpha value is -3.47. The SMILES string of the molecule is c1ccc(-c2cccc(Oc3nnnn3-c3ccccc3)c2)cc1. The summed E-state index contributed by atoms with van der Waals surface area (Å²) in [5.74, 6) is 0.684. The molecule has 5 nitrogen and oxygen atoms in total. The van der Waals surface area contributed by atoms with Gasteiger partial charge in [-0.25, -0.2) is 0 Å². The number of para-hydroxylation sites is 1. The Labute approximate surface area is 139 Å². The summed E-state index contributed by atoms with van der Waals surface area (Å²) in [6, 6.07) is 28.0. The van der Waals surface area contributed by atoms with Crippen molar-refractivity contribution in [2.45, 2.75) is 0 Å². The van der Waals surface area contributed by atoms with Gasteiger partial charge in [-0.05, 0) is 45.8 Å². The number of ether oxygens (including phenoxy) is 1. The van der Waals surface area contributed by atoms with Crippen molar-refractivity contribution in [1.82, 2.24) is 20.2 Å². The standard InChI is InChI=1S/C19H14N4O/c1-3-8-15(9-4-1)16-10-7-13-18(14-16)24-19-20-21-22-23(19)17-11-5-2-6-12-17/h1-14H. The molecule has 1 aromatic heterocycles. The highest BCUT2D eigenvalue weighted by Crippen LogP contribution is 2.26. The van der Waals surface area contributed by atoms with Crippen molar-refractivity contribution in [2.75, 3.05) is 0 Å². The molecule has 0 fully saturated rings. The van der Waals surface area contributed by atoms with Crippen LogP contribution >= 0.6 is 0 Å². The number of rotatable bonds is 4. The van der Waals surface area contributed by atoms with E-state index >= 15 is 0 Å². The third kappa shape index (κ3) is 2.87. The smallest absolute Gasteiger partial charge is 0.345 e. The van der Waals surface area contributed by atoms with Gasteiger partial charge in [0.2, 0.25) is 0 Å². The number of nitrogens with zero attached hydrogens (tertiary/aromatic N) is 4. The maximum absolute atomic E-state index is 5.89. The molecule has 0 unspecified atom stereocenters. The van der Waals surface area contributed by atoms with E-state index in [0.717, 1.165) is 16.8 Å². The number of tetrazole rings is 1. The molecule has 3 aromatic carbocycles. The second-order valence-corrected chi connectivity index (χ2v) is 5.20. The molecule has 24 heavy (non-hydrogen) atoms. The lowest BCUT2D eigenvalue weighted by Crippen LogP contribution is -2.00. The summed E-state index contributed by atoms with van der Waals surface area (Å²) >= 11 is 0. The molecule has 0 aliphatic heterocycles. The number of benzene rings is 3. The molecule has 5 heteroatoms. The highest BCUT2D eigenvalue weighted by atomic mass is 16.5. The van der Waals surface area contributed by atoms with E-state index in [-0.39, 0.29) is 0 Å². The first-order valence-electron chi connectivity index (χ1n) is 7.57. The third-order valence-corrected chi connectivity index (χ3v) is 3.59. The van der Waals surface area contributed by atoms with Crippen molar-refractivity contribution < 1.29 is 4.74 Å². The van der Waals surface area contributed by atoms with E-state index in [0.29, 0.717) is 11.8 Å². The number of hydrogen-bond acceptors (Lipinski definition) is 4. The van der Waals surface area contributed by atoms with Gasteiger partial charge in [0.05, 0.1) is 5.69 Å². The van der Waals surface area contributed by atoms with E-state index in [9.17, 15) is 0 Å². The molecule has 0 bridgehead atoms. The lowest BCUT2D eigenvalue weighted by Gasteiger charge is -2.08. The topological polar surface area (TPSA) is 52.8 Å². The molecule has 0 amide bonds. The van der Waals surface area contributed by atoms with Crippen LogP contribution in [0, 0.1) is 0 Å². The summed E-state index contributed by atoms with van der Waals surface area (Å²) < 4.78 is 7.46. The Morgan fingerprint density at radius 1 is 0.708 bits per heavy atom. The van der Waals surface area contributed by atoms with Gasteiger partial charge in [0.15, 0.2) is 0 Å². The first-order valence-corrected chi connectivity index (χ1v) is 7.57. The van der Waals surface area contributed by atoms with Crippen molar-refractivity contribution in [1.29, 1.82) is 0 Å². The fourth-order valence-electron chi connectivity index (χ4n) is 2.45. The van der Waals surface area contributed by atoms with Gasteiger partial charge < -0.3 is 4.74 Å². The van der Waals surface area contributed by atoms with Gasteiger partial charge in [0.25, 0.3) is 0 Å². The molecule has 1 heterocycles. The zero-order chi connectivity index (χ0) is 16.2. The second-order valence-electron chi connectivity index (χ2n) is 5.20. The van der Waals surface area contributed by atoms with Gasteiger partial charge in [-0.3, -0.25) is 0 Å². The van der Waals surface area contributed by atoms with Crippen LogP contribution in [0.1, 0.15) is 0 Å². The maximum atomic E-state index is 5.89. The zero-order valence-corrected chi connectivity index (χ0v) is 12.8. The van der Waals surface area contributed by atoms with Crippen molar-refractivity contribution in [3.63, 3.8) is 0 Å². The maximum Gasteiger partial charge on any atom is 0.345 e. The largest absolute Gasteiger partial charge is 0.423 e. The quantitative estimate of drug-likeness (QED) is 0.568. The fraction of sp³-hybridized carbons (Fsp3) is 0. The molecule has 0 aliphatic rings. The summed E-state index contributed by atoms with van der Waals surface area (Å²) in [6.45, 7) is 0. The first-order chi connectivity index (χ1) is 11.9. The molecule has 0 aliphatic carbocycles. The molecular weight excluding hydrogens is 300 g/mol. The normalized spacial score (nSPS) is 10.5. The van der Waals surface area contributed by atoms with Crippen LogP contribution in [0.4, 0.5) is 0 Å². The van der Waals surface area contributed by atoms with Crippen LogP contribution in [0.2, 0.25) is 0 Å². The Kier molecular flexibility index (Phi) is 3.73.